The average molecular weight is 271 g/mol. The Morgan fingerprint density at radius 1 is 0.882 bits per heavy atom. The number of hydrogen-bond donors (Lipinski definition) is 2. The highest BCUT2D eigenvalue weighted by atomic mass is 35.5. The molecular weight excluding hydrogens is 263 g/mol. The van der Waals surface area contributed by atoms with E-state index in [9.17, 15) is 10.2 Å². The third kappa shape index (κ3) is 2.75. The van der Waals surface area contributed by atoms with E-state index in [0.29, 0.717) is 11.5 Å². The lowest BCUT2D eigenvalue weighted by atomic mass is 10.3. The number of benzene rings is 2. The Labute approximate surface area is 108 Å². The summed E-state index contributed by atoms with van der Waals surface area (Å²) in [6, 6.07) is 8.83. The van der Waals surface area contributed by atoms with Crippen LogP contribution in [-0.4, -0.2) is 10.2 Å². The lowest BCUT2D eigenvalue weighted by Gasteiger charge is -2.08. The maximum absolute atomic E-state index is 9.25. The van der Waals surface area contributed by atoms with E-state index >= 15 is 0 Å². The number of phenolic OH excluding ortho intramolecular Hbond substituents is 2. The first kappa shape index (κ1) is 11.9. The molecule has 0 unspecified atom stereocenters. The molecule has 0 aliphatic heterocycles. The summed E-state index contributed by atoms with van der Waals surface area (Å²) in [6.45, 7) is 0. The third-order valence-electron chi connectivity index (χ3n) is 2.06. The molecule has 0 atom stereocenters. The van der Waals surface area contributed by atoms with Gasteiger partial charge in [0.15, 0.2) is 0 Å². The molecule has 0 fully saturated rings. The number of rotatable bonds is 2. The maximum Gasteiger partial charge on any atom is 0.146 e. The van der Waals surface area contributed by atoms with Crippen LogP contribution in [0.3, 0.4) is 0 Å². The molecule has 0 amide bonds. The minimum Gasteiger partial charge on any atom is -0.508 e. The van der Waals surface area contributed by atoms with Crippen molar-refractivity contribution in [3.05, 3.63) is 46.4 Å². The van der Waals surface area contributed by atoms with Crippen molar-refractivity contribution in [1.82, 2.24) is 0 Å². The van der Waals surface area contributed by atoms with E-state index in [-0.39, 0.29) is 21.5 Å². The quantitative estimate of drug-likeness (QED) is 0.860. The van der Waals surface area contributed by atoms with Gasteiger partial charge in [-0.05, 0) is 24.3 Å². The Morgan fingerprint density at radius 3 is 2.29 bits per heavy atom. The van der Waals surface area contributed by atoms with Crippen molar-refractivity contribution in [2.75, 3.05) is 0 Å². The number of halogens is 2. The predicted molar refractivity (Wildman–Crippen MR) is 66.3 cm³/mol. The topological polar surface area (TPSA) is 49.7 Å². The van der Waals surface area contributed by atoms with Crippen LogP contribution in [0.1, 0.15) is 0 Å². The normalized spacial score (nSPS) is 10.2. The lowest BCUT2D eigenvalue weighted by Crippen LogP contribution is -1.85. The number of hydrogen-bond acceptors (Lipinski definition) is 3. The van der Waals surface area contributed by atoms with Gasteiger partial charge in [-0.2, -0.15) is 0 Å². The van der Waals surface area contributed by atoms with Gasteiger partial charge in [-0.25, -0.2) is 0 Å². The molecule has 2 aromatic rings. The zero-order chi connectivity index (χ0) is 12.4. The van der Waals surface area contributed by atoms with Crippen molar-refractivity contribution in [3.8, 4) is 23.0 Å². The van der Waals surface area contributed by atoms with Crippen molar-refractivity contribution < 1.29 is 14.9 Å². The van der Waals surface area contributed by atoms with Crippen molar-refractivity contribution in [1.29, 1.82) is 0 Å². The molecule has 0 spiro atoms. The molecule has 2 N–H and O–H groups in total. The fourth-order valence-corrected chi connectivity index (χ4v) is 1.63. The molecule has 3 nitrogen and oxygen atoms in total. The lowest BCUT2D eigenvalue weighted by molar-refractivity contribution is 0.459. The van der Waals surface area contributed by atoms with E-state index in [0.717, 1.165) is 0 Å². The summed E-state index contributed by atoms with van der Waals surface area (Å²) in [6.07, 6.45) is 0. The summed E-state index contributed by atoms with van der Waals surface area (Å²) < 4.78 is 5.46. The van der Waals surface area contributed by atoms with Gasteiger partial charge in [0.25, 0.3) is 0 Å². The Kier molecular flexibility index (Phi) is 3.31. The molecular formula is C12H8Cl2O3. The van der Waals surface area contributed by atoms with Crippen molar-refractivity contribution in [2.45, 2.75) is 0 Å². The second kappa shape index (κ2) is 4.73. The van der Waals surface area contributed by atoms with Gasteiger partial charge < -0.3 is 14.9 Å². The largest absolute Gasteiger partial charge is 0.508 e. The highest BCUT2D eigenvalue weighted by molar-refractivity contribution is 6.32. The summed E-state index contributed by atoms with van der Waals surface area (Å²) in [4.78, 5) is 0. The van der Waals surface area contributed by atoms with E-state index in [1.165, 1.54) is 24.3 Å². The summed E-state index contributed by atoms with van der Waals surface area (Å²) in [7, 11) is 0. The van der Waals surface area contributed by atoms with Crippen LogP contribution >= 0.6 is 23.2 Å². The Hall–Kier alpha value is -1.58. The van der Waals surface area contributed by atoms with E-state index in [1.54, 1.807) is 12.1 Å². The van der Waals surface area contributed by atoms with Crippen molar-refractivity contribution >= 4 is 23.2 Å². The molecule has 0 heterocycles. The van der Waals surface area contributed by atoms with Gasteiger partial charge in [0.1, 0.15) is 23.0 Å². The standard InChI is InChI=1S/C12H8Cl2O3/c13-9-6-8(2-3-11(9)16)17-12-4-1-7(15)5-10(12)14/h1-6,15-16H. The number of aromatic hydroxyl groups is 2. The first-order valence-corrected chi connectivity index (χ1v) is 5.47. The maximum atomic E-state index is 9.25. The summed E-state index contributed by atoms with van der Waals surface area (Å²) >= 11 is 11.6. The van der Waals surface area contributed by atoms with E-state index in [4.69, 9.17) is 27.9 Å². The molecule has 17 heavy (non-hydrogen) atoms. The fraction of sp³-hybridized carbons (Fsp3) is 0. The van der Waals surface area contributed by atoms with Crippen LogP contribution in [0.15, 0.2) is 36.4 Å². The second-order valence-corrected chi connectivity index (χ2v) is 4.14. The average Bonchev–Trinajstić information content (AvgIpc) is 2.27. The molecule has 0 bridgehead atoms. The second-order valence-electron chi connectivity index (χ2n) is 3.33. The highest BCUT2D eigenvalue weighted by Crippen LogP contribution is 2.34. The van der Waals surface area contributed by atoms with Gasteiger partial charge in [0.2, 0.25) is 0 Å². The fourth-order valence-electron chi connectivity index (χ4n) is 1.25. The van der Waals surface area contributed by atoms with Gasteiger partial charge >= 0.3 is 0 Å². The minimum absolute atomic E-state index is 0.0178. The molecule has 0 radical (unpaired) electrons. The van der Waals surface area contributed by atoms with E-state index in [1.807, 2.05) is 0 Å². The first-order valence-electron chi connectivity index (χ1n) is 4.71. The minimum atomic E-state index is -0.0178. The molecule has 5 heteroatoms. The smallest absolute Gasteiger partial charge is 0.146 e. The summed E-state index contributed by atoms with van der Waals surface area (Å²) in [5, 5.41) is 18.9. The van der Waals surface area contributed by atoms with Gasteiger partial charge in [0, 0.05) is 12.1 Å². The Morgan fingerprint density at radius 2 is 1.65 bits per heavy atom. The van der Waals surface area contributed by atoms with Crippen LogP contribution in [-0.2, 0) is 0 Å². The van der Waals surface area contributed by atoms with Crippen LogP contribution in [0.4, 0.5) is 0 Å². The Balaban J connectivity index is 2.28. The van der Waals surface area contributed by atoms with Crippen molar-refractivity contribution in [3.63, 3.8) is 0 Å². The highest BCUT2D eigenvalue weighted by Gasteiger charge is 2.06. The number of ether oxygens (including phenoxy) is 1. The van der Waals surface area contributed by atoms with E-state index in [2.05, 4.69) is 0 Å². The van der Waals surface area contributed by atoms with Crippen LogP contribution in [0.2, 0.25) is 10.0 Å². The van der Waals surface area contributed by atoms with E-state index < -0.39 is 0 Å². The molecule has 0 saturated carbocycles. The van der Waals surface area contributed by atoms with Gasteiger partial charge in [0.05, 0.1) is 10.0 Å². The molecule has 0 aromatic heterocycles. The van der Waals surface area contributed by atoms with Crippen LogP contribution in [0.5, 0.6) is 23.0 Å². The zero-order valence-corrected chi connectivity index (χ0v) is 10.0. The van der Waals surface area contributed by atoms with Gasteiger partial charge in [-0.15, -0.1) is 0 Å². The van der Waals surface area contributed by atoms with Crippen LogP contribution in [0, 0.1) is 0 Å². The van der Waals surface area contributed by atoms with Crippen LogP contribution in [0.25, 0.3) is 0 Å². The molecule has 0 aliphatic carbocycles. The predicted octanol–water partition coefficient (Wildman–Crippen LogP) is 4.20. The summed E-state index contributed by atoms with van der Waals surface area (Å²) in [5.74, 6) is 0.883. The van der Waals surface area contributed by atoms with Gasteiger partial charge in [-0.3, -0.25) is 0 Å². The third-order valence-corrected chi connectivity index (χ3v) is 2.66. The Bertz CT molecular complexity index is 555. The number of phenols is 2. The SMILES string of the molecule is Oc1ccc(Oc2ccc(O)c(Cl)c2)c(Cl)c1. The molecule has 0 saturated heterocycles. The summed E-state index contributed by atoms with van der Waals surface area (Å²) in [5.41, 5.74) is 0. The molecule has 88 valence electrons. The molecule has 2 aromatic carbocycles. The first-order chi connectivity index (χ1) is 8.06. The monoisotopic (exact) mass is 270 g/mol. The van der Waals surface area contributed by atoms with Crippen LogP contribution < -0.4 is 4.74 Å². The molecule has 2 rings (SSSR count). The molecule has 0 aliphatic rings. The van der Waals surface area contributed by atoms with Crippen molar-refractivity contribution in [2.24, 2.45) is 0 Å². The van der Waals surface area contributed by atoms with Gasteiger partial charge in [-0.1, -0.05) is 23.2 Å². The zero-order valence-electron chi connectivity index (χ0n) is 8.52.